The molecular formula is C23H21F3O2. The van der Waals surface area contributed by atoms with E-state index in [0.717, 1.165) is 5.56 Å². The third kappa shape index (κ3) is 4.54. The van der Waals surface area contributed by atoms with E-state index in [4.69, 9.17) is 9.47 Å². The topological polar surface area (TPSA) is 18.5 Å². The Balaban J connectivity index is 1.71. The molecule has 0 aliphatic rings. The van der Waals surface area contributed by atoms with Crippen molar-refractivity contribution in [2.45, 2.75) is 27.1 Å². The number of halogens is 3. The van der Waals surface area contributed by atoms with Crippen LogP contribution < -0.4 is 4.74 Å². The summed E-state index contributed by atoms with van der Waals surface area (Å²) in [5.74, 6) is -1.67. The van der Waals surface area contributed by atoms with Crippen LogP contribution in [0.5, 0.6) is 5.75 Å². The molecule has 0 aromatic heterocycles. The molecular weight excluding hydrogens is 365 g/mol. The highest BCUT2D eigenvalue weighted by atomic mass is 19.2. The minimum atomic E-state index is -0.892. The van der Waals surface area contributed by atoms with Gasteiger partial charge in [-0.3, -0.25) is 0 Å². The first-order valence-corrected chi connectivity index (χ1v) is 9.02. The summed E-state index contributed by atoms with van der Waals surface area (Å²) in [5.41, 5.74) is 2.32. The standard InChI is InChI=1S/C23H21F3O2/c1-3-27-14-18-9-11-20(23(26)22(18)25)17-7-5-16(6-8-17)13-28-19-10-4-15(2)21(24)12-19/h4-12H,3,13-14H2,1-2H3. The summed E-state index contributed by atoms with van der Waals surface area (Å²) < 4.78 is 52.9. The van der Waals surface area contributed by atoms with Gasteiger partial charge in [-0.1, -0.05) is 42.5 Å². The van der Waals surface area contributed by atoms with Crippen molar-refractivity contribution in [3.8, 4) is 16.9 Å². The Morgan fingerprint density at radius 3 is 2.25 bits per heavy atom. The lowest BCUT2D eigenvalue weighted by Gasteiger charge is -2.10. The predicted molar refractivity (Wildman–Crippen MR) is 103 cm³/mol. The maximum atomic E-state index is 14.4. The van der Waals surface area contributed by atoms with Crippen LogP contribution in [0.2, 0.25) is 0 Å². The Hall–Kier alpha value is -2.79. The fourth-order valence-electron chi connectivity index (χ4n) is 2.75. The van der Waals surface area contributed by atoms with Crippen LogP contribution in [0.4, 0.5) is 13.2 Å². The number of hydrogen-bond acceptors (Lipinski definition) is 2. The van der Waals surface area contributed by atoms with E-state index in [2.05, 4.69) is 0 Å². The molecule has 0 aliphatic heterocycles. The number of aryl methyl sites for hydroxylation is 1. The Bertz CT molecular complexity index is 953. The van der Waals surface area contributed by atoms with Crippen LogP contribution in [-0.2, 0) is 18.0 Å². The van der Waals surface area contributed by atoms with Crippen molar-refractivity contribution in [3.05, 3.63) is 88.7 Å². The number of benzene rings is 3. The molecule has 3 aromatic rings. The van der Waals surface area contributed by atoms with E-state index in [1.165, 1.54) is 12.1 Å². The van der Waals surface area contributed by atoms with Gasteiger partial charge in [-0.05, 0) is 36.6 Å². The fourth-order valence-corrected chi connectivity index (χ4v) is 2.75. The maximum absolute atomic E-state index is 14.4. The SMILES string of the molecule is CCOCc1ccc(-c2ccc(COc3ccc(C)c(F)c3)cc2)c(F)c1F. The van der Waals surface area contributed by atoms with Crippen molar-refractivity contribution >= 4 is 0 Å². The highest BCUT2D eigenvalue weighted by molar-refractivity contribution is 5.65. The van der Waals surface area contributed by atoms with Gasteiger partial charge in [-0.2, -0.15) is 0 Å². The maximum Gasteiger partial charge on any atom is 0.167 e. The molecule has 0 N–H and O–H groups in total. The molecule has 0 saturated carbocycles. The van der Waals surface area contributed by atoms with Crippen molar-refractivity contribution in [2.24, 2.45) is 0 Å². The normalized spacial score (nSPS) is 10.9. The molecule has 0 spiro atoms. The summed E-state index contributed by atoms with van der Waals surface area (Å²) in [6.45, 7) is 4.19. The third-order valence-electron chi connectivity index (χ3n) is 4.44. The van der Waals surface area contributed by atoms with Gasteiger partial charge in [0.05, 0.1) is 6.61 Å². The quantitative estimate of drug-likeness (QED) is 0.482. The Labute approximate surface area is 162 Å². The summed E-state index contributed by atoms with van der Waals surface area (Å²) in [5, 5.41) is 0. The summed E-state index contributed by atoms with van der Waals surface area (Å²) in [6.07, 6.45) is 0. The smallest absolute Gasteiger partial charge is 0.167 e. The first-order valence-electron chi connectivity index (χ1n) is 9.02. The van der Waals surface area contributed by atoms with Crippen LogP contribution in [0.1, 0.15) is 23.6 Å². The van der Waals surface area contributed by atoms with E-state index in [1.807, 2.05) is 0 Å². The molecule has 0 aliphatic carbocycles. The number of ether oxygens (including phenoxy) is 2. The summed E-state index contributed by atoms with van der Waals surface area (Å²) in [4.78, 5) is 0. The molecule has 0 radical (unpaired) electrons. The van der Waals surface area contributed by atoms with Crippen LogP contribution in [0.25, 0.3) is 11.1 Å². The van der Waals surface area contributed by atoms with Gasteiger partial charge in [0.25, 0.3) is 0 Å². The van der Waals surface area contributed by atoms with Gasteiger partial charge >= 0.3 is 0 Å². The lowest BCUT2D eigenvalue weighted by atomic mass is 10.0. The van der Waals surface area contributed by atoms with E-state index >= 15 is 0 Å². The minimum absolute atomic E-state index is 0.0371. The molecule has 0 bridgehead atoms. The molecule has 0 heterocycles. The number of rotatable bonds is 7. The van der Waals surface area contributed by atoms with E-state index < -0.39 is 11.6 Å². The van der Waals surface area contributed by atoms with Crippen molar-refractivity contribution < 1.29 is 22.6 Å². The molecule has 28 heavy (non-hydrogen) atoms. The Morgan fingerprint density at radius 1 is 0.821 bits per heavy atom. The molecule has 146 valence electrons. The van der Waals surface area contributed by atoms with E-state index in [1.54, 1.807) is 56.3 Å². The van der Waals surface area contributed by atoms with Crippen molar-refractivity contribution in [1.82, 2.24) is 0 Å². The second kappa shape index (κ2) is 8.93. The zero-order chi connectivity index (χ0) is 20.1. The van der Waals surface area contributed by atoms with Crippen molar-refractivity contribution in [1.29, 1.82) is 0 Å². The second-order valence-electron chi connectivity index (χ2n) is 6.43. The van der Waals surface area contributed by atoms with Crippen LogP contribution in [0.15, 0.2) is 54.6 Å². The van der Waals surface area contributed by atoms with Crippen LogP contribution >= 0.6 is 0 Å². The lowest BCUT2D eigenvalue weighted by molar-refractivity contribution is 0.131. The molecule has 3 aromatic carbocycles. The van der Waals surface area contributed by atoms with E-state index in [0.29, 0.717) is 23.5 Å². The summed E-state index contributed by atoms with van der Waals surface area (Å²) >= 11 is 0. The van der Waals surface area contributed by atoms with E-state index in [-0.39, 0.29) is 30.2 Å². The fraction of sp³-hybridized carbons (Fsp3) is 0.217. The monoisotopic (exact) mass is 386 g/mol. The molecule has 0 amide bonds. The second-order valence-corrected chi connectivity index (χ2v) is 6.43. The molecule has 0 atom stereocenters. The molecule has 0 unspecified atom stereocenters. The van der Waals surface area contributed by atoms with Gasteiger partial charge in [-0.25, -0.2) is 13.2 Å². The summed E-state index contributed by atoms with van der Waals surface area (Å²) in [6, 6.07) is 14.7. The zero-order valence-corrected chi connectivity index (χ0v) is 15.8. The van der Waals surface area contributed by atoms with Crippen molar-refractivity contribution in [2.75, 3.05) is 6.61 Å². The van der Waals surface area contributed by atoms with E-state index in [9.17, 15) is 13.2 Å². The molecule has 5 heteroatoms. The molecule has 0 fully saturated rings. The van der Waals surface area contributed by atoms with Gasteiger partial charge < -0.3 is 9.47 Å². The van der Waals surface area contributed by atoms with Gasteiger partial charge in [0, 0.05) is 23.8 Å². The Kier molecular flexibility index (Phi) is 6.37. The highest BCUT2D eigenvalue weighted by Crippen LogP contribution is 2.27. The highest BCUT2D eigenvalue weighted by Gasteiger charge is 2.14. The van der Waals surface area contributed by atoms with Crippen LogP contribution in [0, 0.1) is 24.4 Å². The van der Waals surface area contributed by atoms with Gasteiger partial charge in [0.15, 0.2) is 11.6 Å². The predicted octanol–water partition coefficient (Wildman–Crippen LogP) is 6.19. The lowest BCUT2D eigenvalue weighted by Crippen LogP contribution is -2.00. The van der Waals surface area contributed by atoms with Gasteiger partial charge in [0.2, 0.25) is 0 Å². The first-order chi connectivity index (χ1) is 13.5. The molecule has 3 rings (SSSR count). The molecule has 0 saturated heterocycles. The third-order valence-corrected chi connectivity index (χ3v) is 4.44. The Morgan fingerprint density at radius 2 is 1.57 bits per heavy atom. The first kappa shape index (κ1) is 20.0. The number of hydrogen-bond donors (Lipinski definition) is 0. The summed E-state index contributed by atoms with van der Waals surface area (Å²) in [7, 11) is 0. The average Bonchev–Trinajstić information content (AvgIpc) is 2.70. The van der Waals surface area contributed by atoms with Crippen LogP contribution in [-0.4, -0.2) is 6.61 Å². The van der Waals surface area contributed by atoms with Gasteiger partial charge in [0.1, 0.15) is 18.2 Å². The van der Waals surface area contributed by atoms with Gasteiger partial charge in [-0.15, -0.1) is 0 Å². The largest absolute Gasteiger partial charge is 0.489 e. The van der Waals surface area contributed by atoms with Crippen LogP contribution in [0.3, 0.4) is 0 Å². The molecule has 2 nitrogen and oxygen atoms in total. The van der Waals surface area contributed by atoms with Crippen molar-refractivity contribution in [3.63, 3.8) is 0 Å². The average molecular weight is 386 g/mol. The zero-order valence-electron chi connectivity index (χ0n) is 15.8. The minimum Gasteiger partial charge on any atom is -0.489 e.